The van der Waals surface area contributed by atoms with E-state index in [2.05, 4.69) is 38.8 Å². The molecule has 18 heavy (non-hydrogen) atoms. The molecule has 2 fully saturated rings. The van der Waals surface area contributed by atoms with Crippen molar-refractivity contribution < 1.29 is 0 Å². The Morgan fingerprint density at radius 3 is 2.61 bits per heavy atom. The van der Waals surface area contributed by atoms with Crippen LogP contribution < -0.4 is 4.90 Å². The van der Waals surface area contributed by atoms with Crippen molar-refractivity contribution in [2.45, 2.75) is 39.2 Å². The highest BCUT2D eigenvalue weighted by Crippen LogP contribution is 2.39. The molecule has 0 amide bonds. The molecule has 100 valence electrons. The summed E-state index contributed by atoms with van der Waals surface area (Å²) < 4.78 is 0. The normalized spacial score (nSPS) is 28.8. The molecule has 1 saturated carbocycles. The Morgan fingerprint density at radius 1 is 1.28 bits per heavy atom. The number of piperazine rings is 1. The fraction of sp³-hybridized carbons (Fsp3) is 0.846. The lowest BCUT2D eigenvalue weighted by atomic mass is 9.91. The standard InChI is InChI=1S/C13H23N5/c1-13(2)4-3-11(9-13)17-5-7-18(8-6-17)12-14-10-15-16-12/h10-11H,3-9H2,1-2H3,(H,14,15,16). The lowest BCUT2D eigenvalue weighted by molar-refractivity contribution is 0.176. The van der Waals surface area contributed by atoms with Gasteiger partial charge in [0.25, 0.3) is 0 Å². The van der Waals surface area contributed by atoms with E-state index in [1.54, 1.807) is 6.33 Å². The fourth-order valence-electron chi connectivity index (χ4n) is 3.36. The van der Waals surface area contributed by atoms with Crippen LogP contribution in [0.25, 0.3) is 0 Å². The highest BCUT2D eigenvalue weighted by Gasteiger charge is 2.35. The molecule has 0 spiro atoms. The van der Waals surface area contributed by atoms with E-state index in [1.165, 1.54) is 19.3 Å². The first kappa shape index (κ1) is 12.0. The summed E-state index contributed by atoms with van der Waals surface area (Å²) in [6, 6.07) is 0.803. The summed E-state index contributed by atoms with van der Waals surface area (Å²) in [5.41, 5.74) is 0.548. The van der Waals surface area contributed by atoms with Crippen molar-refractivity contribution in [1.82, 2.24) is 20.1 Å². The average molecular weight is 249 g/mol. The number of nitrogens with one attached hydrogen (secondary N) is 1. The van der Waals surface area contributed by atoms with Gasteiger partial charge in [-0.25, -0.2) is 5.10 Å². The zero-order valence-corrected chi connectivity index (χ0v) is 11.4. The summed E-state index contributed by atoms with van der Waals surface area (Å²) >= 11 is 0. The van der Waals surface area contributed by atoms with Crippen molar-refractivity contribution >= 4 is 5.95 Å². The van der Waals surface area contributed by atoms with Gasteiger partial charge in [-0.2, -0.15) is 10.1 Å². The molecule has 5 heteroatoms. The minimum absolute atomic E-state index is 0.548. The first-order valence-corrected chi connectivity index (χ1v) is 6.98. The van der Waals surface area contributed by atoms with E-state index >= 15 is 0 Å². The lowest BCUT2D eigenvalue weighted by Crippen LogP contribution is -2.50. The Labute approximate surface area is 109 Å². The molecular formula is C13H23N5. The molecule has 1 atom stereocenters. The molecule has 0 bridgehead atoms. The van der Waals surface area contributed by atoms with Crippen molar-refractivity contribution in [2.24, 2.45) is 5.41 Å². The zero-order chi connectivity index (χ0) is 12.6. The van der Waals surface area contributed by atoms with Crippen LogP contribution in [-0.4, -0.2) is 52.3 Å². The smallest absolute Gasteiger partial charge is 0.221 e. The summed E-state index contributed by atoms with van der Waals surface area (Å²) in [5.74, 6) is 0.918. The summed E-state index contributed by atoms with van der Waals surface area (Å²) in [4.78, 5) is 9.19. The van der Waals surface area contributed by atoms with Crippen LogP contribution >= 0.6 is 0 Å². The fourth-order valence-corrected chi connectivity index (χ4v) is 3.36. The van der Waals surface area contributed by atoms with E-state index in [1.807, 2.05) is 0 Å². The molecule has 0 aromatic carbocycles. The number of rotatable bonds is 2. The Bertz CT molecular complexity index is 378. The molecule has 1 aromatic rings. The van der Waals surface area contributed by atoms with E-state index in [0.29, 0.717) is 5.41 Å². The van der Waals surface area contributed by atoms with Gasteiger partial charge >= 0.3 is 0 Å². The van der Waals surface area contributed by atoms with E-state index in [9.17, 15) is 0 Å². The molecule has 3 rings (SSSR count). The monoisotopic (exact) mass is 249 g/mol. The maximum absolute atomic E-state index is 4.23. The third-order valence-electron chi connectivity index (χ3n) is 4.48. The number of aromatic amines is 1. The molecule has 1 aliphatic carbocycles. The molecule has 2 heterocycles. The van der Waals surface area contributed by atoms with Crippen LogP contribution in [-0.2, 0) is 0 Å². The molecule has 1 aromatic heterocycles. The lowest BCUT2D eigenvalue weighted by Gasteiger charge is -2.38. The van der Waals surface area contributed by atoms with Gasteiger partial charge in [0.2, 0.25) is 5.95 Å². The van der Waals surface area contributed by atoms with Gasteiger partial charge in [-0.1, -0.05) is 13.8 Å². The average Bonchev–Trinajstić information content (AvgIpc) is 2.98. The number of anilines is 1. The number of nitrogens with zero attached hydrogens (tertiary/aromatic N) is 4. The quantitative estimate of drug-likeness (QED) is 0.863. The van der Waals surface area contributed by atoms with Crippen LogP contribution in [0.2, 0.25) is 0 Å². The van der Waals surface area contributed by atoms with Crippen molar-refractivity contribution in [3.63, 3.8) is 0 Å². The molecular weight excluding hydrogens is 226 g/mol. The highest BCUT2D eigenvalue weighted by atomic mass is 15.4. The Hall–Kier alpha value is -1.10. The van der Waals surface area contributed by atoms with Crippen LogP contribution in [0.15, 0.2) is 6.33 Å². The molecule has 0 radical (unpaired) electrons. The van der Waals surface area contributed by atoms with E-state index in [0.717, 1.165) is 38.2 Å². The van der Waals surface area contributed by atoms with E-state index in [4.69, 9.17) is 0 Å². The number of H-pyrrole nitrogens is 1. The van der Waals surface area contributed by atoms with Gasteiger partial charge < -0.3 is 4.90 Å². The van der Waals surface area contributed by atoms with Gasteiger partial charge in [-0.15, -0.1) is 0 Å². The molecule has 1 N–H and O–H groups in total. The van der Waals surface area contributed by atoms with E-state index in [-0.39, 0.29) is 0 Å². The largest absolute Gasteiger partial charge is 0.339 e. The second-order valence-electron chi connectivity index (χ2n) is 6.39. The van der Waals surface area contributed by atoms with Crippen molar-refractivity contribution in [3.05, 3.63) is 6.33 Å². The minimum atomic E-state index is 0.548. The van der Waals surface area contributed by atoms with Crippen LogP contribution in [0, 0.1) is 5.41 Å². The first-order chi connectivity index (χ1) is 8.64. The maximum Gasteiger partial charge on any atom is 0.221 e. The Balaban J connectivity index is 1.54. The van der Waals surface area contributed by atoms with Gasteiger partial charge in [-0.3, -0.25) is 4.90 Å². The van der Waals surface area contributed by atoms with Crippen molar-refractivity contribution in [3.8, 4) is 0 Å². The van der Waals surface area contributed by atoms with Crippen LogP contribution in [0.3, 0.4) is 0 Å². The van der Waals surface area contributed by atoms with Gasteiger partial charge in [0.15, 0.2) is 0 Å². The summed E-state index contributed by atoms with van der Waals surface area (Å²) in [6.45, 7) is 9.23. The number of hydrogen-bond acceptors (Lipinski definition) is 4. The van der Waals surface area contributed by atoms with Gasteiger partial charge in [-0.05, 0) is 24.7 Å². The van der Waals surface area contributed by atoms with Crippen LogP contribution in [0.4, 0.5) is 5.95 Å². The second-order valence-corrected chi connectivity index (χ2v) is 6.39. The van der Waals surface area contributed by atoms with Gasteiger partial charge in [0, 0.05) is 32.2 Å². The van der Waals surface area contributed by atoms with Gasteiger partial charge in [0.1, 0.15) is 6.33 Å². The Morgan fingerprint density at radius 2 is 2.06 bits per heavy atom. The molecule has 1 saturated heterocycles. The molecule has 2 aliphatic rings. The summed E-state index contributed by atoms with van der Waals surface area (Å²) in [5, 5.41) is 6.87. The maximum atomic E-state index is 4.23. The Kier molecular flexibility index (Phi) is 3.01. The second kappa shape index (κ2) is 4.53. The van der Waals surface area contributed by atoms with Crippen LogP contribution in [0.1, 0.15) is 33.1 Å². The van der Waals surface area contributed by atoms with Crippen molar-refractivity contribution in [2.75, 3.05) is 31.1 Å². The predicted octanol–water partition coefficient (Wildman–Crippen LogP) is 1.51. The number of hydrogen-bond donors (Lipinski definition) is 1. The molecule has 5 nitrogen and oxygen atoms in total. The topological polar surface area (TPSA) is 48.1 Å². The number of aromatic nitrogens is 3. The SMILES string of the molecule is CC1(C)CCC(N2CCN(c3ncn[nH]3)CC2)C1. The molecule has 1 unspecified atom stereocenters. The van der Waals surface area contributed by atoms with Crippen molar-refractivity contribution in [1.29, 1.82) is 0 Å². The third kappa shape index (κ3) is 2.36. The van der Waals surface area contributed by atoms with Crippen LogP contribution in [0.5, 0.6) is 0 Å². The molecule has 1 aliphatic heterocycles. The minimum Gasteiger partial charge on any atom is -0.339 e. The first-order valence-electron chi connectivity index (χ1n) is 6.98. The van der Waals surface area contributed by atoms with Gasteiger partial charge in [0.05, 0.1) is 0 Å². The predicted molar refractivity (Wildman–Crippen MR) is 71.6 cm³/mol. The third-order valence-corrected chi connectivity index (χ3v) is 4.48. The zero-order valence-electron chi connectivity index (χ0n) is 11.4. The highest BCUT2D eigenvalue weighted by molar-refractivity contribution is 5.28. The van der Waals surface area contributed by atoms with E-state index < -0.39 is 0 Å². The summed E-state index contributed by atoms with van der Waals surface area (Å²) in [6.07, 6.45) is 5.69. The summed E-state index contributed by atoms with van der Waals surface area (Å²) in [7, 11) is 0.